The van der Waals surface area contributed by atoms with Crippen LogP contribution in [0.25, 0.3) is 6.08 Å². The van der Waals surface area contributed by atoms with Crippen molar-refractivity contribution in [2.24, 2.45) is 0 Å². The zero-order valence-corrected chi connectivity index (χ0v) is 23.2. The van der Waals surface area contributed by atoms with Gasteiger partial charge in [0.1, 0.15) is 12.4 Å². The monoisotopic (exact) mass is 609 g/mol. The number of hydrogen-bond acceptors (Lipinski definition) is 6. The quantitative estimate of drug-likeness (QED) is 0.201. The molecular weight excluding hydrogens is 593 g/mol. The fraction of sp³-hybridized carbons (Fsp3) is 0.120. The molecule has 0 atom stereocenters. The minimum Gasteiger partial charge on any atom is -0.495 e. The number of anilines is 1. The highest BCUT2D eigenvalue weighted by atomic mass is 79.9. The third-order valence-electron chi connectivity index (χ3n) is 5.06. The van der Waals surface area contributed by atoms with Crippen LogP contribution >= 0.6 is 63.1 Å². The Bertz CT molecular complexity index is 1350. The number of ether oxygens (including phenoxy) is 3. The minimum atomic E-state index is -0.225. The van der Waals surface area contributed by atoms with E-state index in [1.165, 1.54) is 16.7 Å². The first kappa shape index (κ1) is 25.9. The van der Waals surface area contributed by atoms with E-state index in [4.69, 9.17) is 49.6 Å². The summed E-state index contributed by atoms with van der Waals surface area (Å²) in [5, 5.41) is 1.07. The summed E-state index contributed by atoms with van der Waals surface area (Å²) in [6.45, 7) is 0.224. The van der Waals surface area contributed by atoms with Gasteiger partial charge < -0.3 is 14.2 Å². The molecule has 0 unspecified atom stereocenters. The van der Waals surface area contributed by atoms with Crippen molar-refractivity contribution in [3.8, 4) is 17.2 Å². The molecule has 4 rings (SSSR count). The Morgan fingerprint density at radius 2 is 1.80 bits per heavy atom. The van der Waals surface area contributed by atoms with Crippen LogP contribution in [0.3, 0.4) is 0 Å². The zero-order chi connectivity index (χ0) is 25.1. The number of thiocarbonyl (C=S) groups is 1. The number of carbonyl (C=O) groups excluding carboxylic acids is 1. The average molecular weight is 611 g/mol. The maximum Gasteiger partial charge on any atom is 0.270 e. The van der Waals surface area contributed by atoms with Crippen LogP contribution in [0.1, 0.15) is 11.1 Å². The topological polar surface area (TPSA) is 48.0 Å². The van der Waals surface area contributed by atoms with Gasteiger partial charge in [-0.1, -0.05) is 65.4 Å². The molecule has 35 heavy (non-hydrogen) atoms. The number of amides is 1. The minimum absolute atomic E-state index is 0.224. The number of thioether (sulfide) groups is 1. The first-order valence-electron chi connectivity index (χ1n) is 10.2. The highest BCUT2D eigenvalue weighted by molar-refractivity contribution is 9.10. The third-order valence-corrected chi connectivity index (χ3v) is 7.53. The Hall–Kier alpha value is -2.23. The number of halogens is 3. The van der Waals surface area contributed by atoms with Crippen molar-refractivity contribution in [1.29, 1.82) is 0 Å². The molecule has 5 nitrogen and oxygen atoms in total. The first-order chi connectivity index (χ1) is 16.8. The van der Waals surface area contributed by atoms with Gasteiger partial charge in [-0.05, 0) is 64.0 Å². The van der Waals surface area contributed by atoms with Gasteiger partial charge in [-0.15, -0.1) is 0 Å². The highest BCUT2D eigenvalue weighted by Crippen LogP contribution is 2.42. The Morgan fingerprint density at radius 3 is 2.51 bits per heavy atom. The normalized spacial score (nSPS) is 14.5. The lowest BCUT2D eigenvalue weighted by molar-refractivity contribution is -0.113. The van der Waals surface area contributed by atoms with Crippen molar-refractivity contribution in [2.45, 2.75) is 6.61 Å². The van der Waals surface area contributed by atoms with E-state index in [0.717, 1.165) is 11.1 Å². The van der Waals surface area contributed by atoms with E-state index in [1.807, 2.05) is 24.3 Å². The average Bonchev–Trinajstić information content (AvgIpc) is 3.11. The summed E-state index contributed by atoms with van der Waals surface area (Å²) in [4.78, 5) is 15.2. The van der Waals surface area contributed by atoms with Gasteiger partial charge >= 0.3 is 0 Å². The van der Waals surface area contributed by atoms with Crippen LogP contribution in [0.5, 0.6) is 17.2 Å². The number of para-hydroxylation sites is 2. The number of carbonyl (C=O) groups is 1. The number of benzene rings is 3. The fourth-order valence-electron chi connectivity index (χ4n) is 3.39. The van der Waals surface area contributed by atoms with Crippen LogP contribution in [0.2, 0.25) is 10.0 Å². The fourth-order valence-corrected chi connectivity index (χ4v) is 5.72. The van der Waals surface area contributed by atoms with Crippen LogP contribution in [0.4, 0.5) is 5.69 Å². The summed E-state index contributed by atoms with van der Waals surface area (Å²) < 4.78 is 18.0. The van der Waals surface area contributed by atoms with Crippen molar-refractivity contribution >= 4 is 85.1 Å². The maximum atomic E-state index is 13.2. The summed E-state index contributed by atoms with van der Waals surface area (Å²) in [5.74, 6) is 1.35. The smallest absolute Gasteiger partial charge is 0.270 e. The lowest BCUT2D eigenvalue weighted by Gasteiger charge is -2.17. The molecule has 0 radical (unpaired) electrons. The van der Waals surface area contributed by atoms with Gasteiger partial charge in [0.15, 0.2) is 15.8 Å². The van der Waals surface area contributed by atoms with Crippen LogP contribution in [-0.4, -0.2) is 24.4 Å². The van der Waals surface area contributed by atoms with Crippen LogP contribution in [0, 0.1) is 0 Å². The summed E-state index contributed by atoms with van der Waals surface area (Å²) in [6, 6.07) is 16.1. The molecule has 180 valence electrons. The van der Waals surface area contributed by atoms with Gasteiger partial charge in [-0.2, -0.15) is 0 Å². The molecule has 0 bridgehead atoms. The molecule has 0 saturated carbocycles. The Kier molecular flexibility index (Phi) is 8.29. The Balaban J connectivity index is 1.60. The molecule has 0 N–H and O–H groups in total. The van der Waals surface area contributed by atoms with E-state index >= 15 is 0 Å². The van der Waals surface area contributed by atoms with Gasteiger partial charge in [0.2, 0.25) is 0 Å². The maximum absolute atomic E-state index is 13.2. The van der Waals surface area contributed by atoms with Gasteiger partial charge in [-0.25, -0.2) is 0 Å². The van der Waals surface area contributed by atoms with Crippen LogP contribution < -0.4 is 19.1 Å². The van der Waals surface area contributed by atoms with Crippen molar-refractivity contribution in [1.82, 2.24) is 0 Å². The molecule has 3 aromatic rings. The molecule has 1 saturated heterocycles. The molecule has 3 aromatic carbocycles. The lowest BCUT2D eigenvalue weighted by Crippen LogP contribution is -2.27. The zero-order valence-electron chi connectivity index (χ0n) is 18.5. The van der Waals surface area contributed by atoms with Crippen LogP contribution in [0.15, 0.2) is 64.0 Å². The Labute approximate surface area is 231 Å². The predicted octanol–water partition coefficient (Wildman–Crippen LogP) is 7.76. The molecule has 1 aliphatic heterocycles. The highest BCUT2D eigenvalue weighted by Gasteiger charge is 2.35. The number of nitrogens with zero attached hydrogens (tertiary/aromatic N) is 1. The summed E-state index contributed by atoms with van der Waals surface area (Å²) in [5.41, 5.74) is 2.13. The SMILES string of the molecule is COc1ccccc1N1C(=O)C(=Cc2cc(Br)c(OCc3ccc(Cl)cc3Cl)c(OC)c2)SC1=S. The van der Waals surface area contributed by atoms with Gasteiger partial charge in [0, 0.05) is 15.6 Å². The predicted molar refractivity (Wildman–Crippen MR) is 150 cm³/mol. The van der Waals surface area contributed by atoms with E-state index in [1.54, 1.807) is 50.6 Å². The molecule has 0 aliphatic carbocycles. The van der Waals surface area contributed by atoms with E-state index < -0.39 is 0 Å². The van der Waals surface area contributed by atoms with E-state index in [2.05, 4.69) is 15.9 Å². The largest absolute Gasteiger partial charge is 0.495 e. The summed E-state index contributed by atoms with van der Waals surface area (Å²) >= 11 is 22.5. The molecule has 0 aromatic heterocycles. The second-order valence-corrected chi connectivity index (χ2v) is 10.6. The molecule has 1 heterocycles. The second-order valence-electron chi connectivity index (χ2n) is 7.25. The molecule has 10 heteroatoms. The molecule has 0 spiro atoms. The standard InChI is InChI=1S/C25H18BrCl2NO4S2/c1-31-20-6-4-3-5-19(20)29-24(30)22(35-25(29)34)11-14-9-17(26)23(21(10-14)32-2)33-13-15-7-8-16(27)12-18(15)28/h3-12H,13H2,1-2H3. The lowest BCUT2D eigenvalue weighted by atomic mass is 10.1. The van der Waals surface area contributed by atoms with E-state index in [-0.39, 0.29) is 12.5 Å². The first-order valence-corrected chi connectivity index (χ1v) is 12.9. The van der Waals surface area contributed by atoms with Crippen molar-refractivity contribution in [3.05, 3.63) is 85.1 Å². The van der Waals surface area contributed by atoms with Crippen LogP contribution in [-0.2, 0) is 11.4 Å². The van der Waals surface area contributed by atoms with Crippen molar-refractivity contribution < 1.29 is 19.0 Å². The van der Waals surface area contributed by atoms with Gasteiger partial charge in [-0.3, -0.25) is 9.69 Å². The van der Waals surface area contributed by atoms with Crippen molar-refractivity contribution in [2.75, 3.05) is 19.1 Å². The summed E-state index contributed by atoms with van der Waals surface area (Å²) in [7, 11) is 3.11. The molecule has 1 aliphatic rings. The van der Waals surface area contributed by atoms with E-state index in [9.17, 15) is 4.79 Å². The van der Waals surface area contributed by atoms with Crippen molar-refractivity contribution in [3.63, 3.8) is 0 Å². The molecule has 1 fully saturated rings. The number of methoxy groups -OCH3 is 2. The Morgan fingerprint density at radius 1 is 1.06 bits per heavy atom. The second kappa shape index (κ2) is 11.2. The number of hydrogen-bond donors (Lipinski definition) is 0. The van der Waals surface area contributed by atoms with Gasteiger partial charge in [0.25, 0.3) is 5.91 Å². The molecular formula is C25H18BrCl2NO4S2. The third kappa shape index (κ3) is 5.62. The summed E-state index contributed by atoms with van der Waals surface area (Å²) in [6.07, 6.45) is 1.77. The molecule has 1 amide bonds. The number of rotatable bonds is 7. The van der Waals surface area contributed by atoms with Gasteiger partial charge in [0.05, 0.1) is 29.3 Å². The van der Waals surface area contributed by atoms with E-state index in [0.29, 0.717) is 46.7 Å².